The Labute approximate surface area is 110 Å². The maximum absolute atomic E-state index is 13.4. The first-order valence-corrected chi connectivity index (χ1v) is 6.11. The average Bonchev–Trinajstić information content (AvgIpc) is 2.74. The molecule has 1 nitrogen and oxygen atoms in total. The Bertz CT molecular complexity index is 720. The fraction of sp³-hybridized carbons (Fsp3) is 0.0667. The van der Waals surface area contributed by atoms with Crippen molar-refractivity contribution in [1.29, 1.82) is 0 Å². The summed E-state index contributed by atoms with van der Waals surface area (Å²) in [6.45, 7) is 0. The van der Waals surface area contributed by atoms with Crippen molar-refractivity contribution in [2.45, 2.75) is 0 Å². The first kappa shape index (κ1) is 12.0. The van der Waals surface area contributed by atoms with Crippen molar-refractivity contribution >= 4 is 23.6 Å². The van der Waals surface area contributed by atoms with Gasteiger partial charge < -0.3 is 4.57 Å². The Kier molecular flexibility index (Phi) is 2.86. The zero-order valence-corrected chi connectivity index (χ0v) is 10.5. The van der Waals surface area contributed by atoms with Gasteiger partial charge in [0.05, 0.1) is 0 Å². The molecule has 0 atom stereocenters. The molecule has 4 heteroatoms. The molecule has 2 aromatic carbocycles. The van der Waals surface area contributed by atoms with Crippen LogP contribution in [0.1, 0.15) is 0 Å². The van der Waals surface area contributed by atoms with Crippen LogP contribution in [0.3, 0.4) is 0 Å². The summed E-state index contributed by atoms with van der Waals surface area (Å²) in [6.07, 6.45) is 0. The van der Waals surface area contributed by atoms with E-state index in [0.29, 0.717) is 11.1 Å². The van der Waals surface area contributed by atoms with Crippen LogP contribution in [0.4, 0.5) is 8.63 Å². The van der Waals surface area contributed by atoms with E-state index in [0.717, 1.165) is 11.1 Å². The fourth-order valence-corrected chi connectivity index (χ4v) is 2.59. The molecule has 3 rings (SSSR count). The molecule has 0 saturated carbocycles. The smallest absolute Gasteiger partial charge is 0.344 e. The number of hydrogen-bond donors (Lipinski definition) is 0. The molecule has 0 aliphatic carbocycles. The third kappa shape index (κ3) is 1.84. The average molecular weight is 255 g/mol. The Balaban J connectivity index is 2.41. The minimum absolute atomic E-state index is 0.115. The minimum atomic E-state index is -2.48. The number of rotatable bonds is 2. The predicted molar refractivity (Wildman–Crippen MR) is 76.0 cm³/mol. The molecule has 94 valence electrons. The zero-order valence-electron chi connectivity index (χ0n) is 10.5. The van der Waals surface area contributed by atoms with Crippen molar-refractivity contribution in [3.63, 3.8) is 0 Å². The van der Waals surface area contributed by atoms with Crippen molar-refractivity contribution in [2.75, 3.05) is 0 Å². The van der Waals surface area contributed by atoms with Gasteiger partial charge in [0.1, 0.15) is 0 Å². The van der Waals surface area contributed by atoms with Crippen LogP contribution in [0.2, 0.25) is 0 Å². The molecule has 1 aromatic heterocycles. The Morgan fingerprint density at radius 3 is 2.21 bits per heavy atom. The highest BCUT2D eigenvalue weighted by Gasteiger charge is 2.27. The molecule has 0 radical (unpaired) electrons. The molecular formula is C15H12BF2N. The van der Waals surface area contributed by atoms with E-state index in [1.165, 1.54) is 0 Å². The quantitative estimate of drug-likeness (QED) is 0.618. The molecule has 3 aromatic rings. The van der Waals surface area contributed by atoms with Crippen molar-refractivity contribution in [3.8, 4) is 11.3 Å². The van der Waals surface area contributed by atoms with E-state index in [4.69, 9.17) is 0 Å². The van der Waals surface area contributed by atoms with Gasteiger partial charge in [0, 0.05) is 29.1 Å². The first-order valence-electron chi connectivity index (χ1n) is 6.11. The van der Waals surface area contributed by atoms with Gasteiger partial charge in [-0.1, -0.05) is 48.5 Å². The van der Waals surface area contributed by atoms with Gasteiger partial charge in [-0.05, 0) is 11.6 Å². The maximum atomic E-state index is 13.4. The SMILES string of the molecule is Cn1c(-c2ccccc2)c(B(F)F)c2ccccc21. The standard InChI is InChI=1S/C15H12BF2N/c1-19-13-10-6-5-9-12(13)14(16(17)18)15(19)11-7-3-2-4-8-11/h2-10H,1H3. The first-order chi connectivity index (χ1) is 9.20. The van der Waals surface area contributed by atoms with E-state index in [1.807, 2.05) is 54.1 Å². The van der Waals surface area contributed by atoms with E-state index in [1.54, 1.807) is 12.1 Å². The Morgan fingerprint density at radius 2 is 1.53 bits per heavy atom. The highest BCUT2D eigenvalue weighted by molar-refractivity contribution is 6.65. The number of halogens is 2. The number of fused-ring (bicyclic) bond motifs is 1. The van der Waals surface area contributed by atoms with Gasteiger partial charge >= 0.3 is 7.27 Å². The zero-order chi connectivity index (χ0) is 13.4. The molecule has 19 heavy (non-hydrogen) atoms. The van der Waals surface area contributed by atoms with Crippen LogP contribution < -0.4 is 5.46 Å². The summed E-state index contributed by atoms with van der Waals surface area (Å²) < 4.78 is 28.7. The lowest BCUT2D eigenvalue weighted by Gasteiger charge is -2.06. The highest BCUT2D eigenvalue weighted by atomic mass is 19.2. The van der Waals surface area contributed by atoms with E-state index < -0.39 is 7.27 Å². The van der Waals surface area contributed by atoms with Crippen LogP contribution in [0.15, 0.2) is 54.6 Å². The summed E-state index contributed by atoms with van der Waals surface area (Å²) in [6, 6.07) is 16.6. The second-order valence-electron chi connectivity index (χ2n) is 4.51. The number of hydrogen-bond acceptors (Lipinski definition) is 0. The number of aryl methyl sites for hydroxylation is 1. The van der Waals surface area contributed by atoms with Gasteiger partial charge in [-0.15, -0.1) is 0 Å². The second kappa shape index (κ2) is 4.54. The fourth-order valence-electron chi connectivity index (χ4n) is 2.59. The van der Waals surface area contributed by atoms with Gasteiger partial charge in [-0.2, -0.15) is 0 Å². The monoisotopic (exact) mass is 255 g/mol. The van der Waals surface area contributed by atoms with E-state index in [2.05, 4.69) is 0 Å². The summed E-state index contributed by atoms with van der Waals surface area (Å²) in [4.78, 5) is 0. The summed E-state index contributed by atoms with van der Waals surface area (Å²) in [5, 5.41) is 0.624. The van der Waals surface area contributed by atoms with Crippen LogP contribution in [0.25, 0.3) is 22.2 Å². The van der Waals surface area contributed by atoms with E-state index in [-0.39, 0.29) is 5.46 Å². The van der Waals surface area contributed by atoms with Gasteiger partial charge in [0.15, 0.2) is 0 Å². The summed E-state index contributed by atoms with van der Waals surface area (Å²) in [5.74, 6) is 0. The Morgan fingerprint density at radius 1 is 0.895 bits per heavy atom. The number of nitrogens with zero attached hydrogens (tertiary/aromatic N) is 1. The van der Waals surface area contributed by atoms with Crippen molar-refractivity contribution in [2.24, 2.45) is 7.05 Å². The minimum Gasteiger partial charge on any atom is -0.344 e. The molecule has 0 N–H and O–H groups in total. The van der Waals surface area contributed by atoms with Gasteiger partial charge in [-0.25, -0.2) is 0 Å². The molecule has 0 aliphatic heterocycles. The maximum Gasteiger partial charge on any atom is 0.574 e. The molecule has 0 unspecified atom stereocenters. The molecule has 0 amide bonds. The number of aromatic nitrogens is 1. The molecule has 0 bridgehead atoms. The van der Waals surface area contributed by atoms with E-state index >= 15 is 0 Å². The highest BCUT2D eigenvalue weighted by Crippen LogP contribution is 2.26. The van der Waals surface area contributed by atoms with Gasteiger partial charge in [-0.3, -0.25) is 8.63 Å². The van der Waals surface area contributed by atoms with Crippen molar-refractivity contribution in [3.05, 3.63) is 54.6 Å². The van der Waals surface area contributed by atoms with Crippen molar-refractivity contribution < 1.29 is 8.63 Å². The van der Waals surface area contributed by atoms with E-state index in [9.17, 15) is 8.63 Å². The topological polar surface area (TPSA) is 4.93 Å². The lowest BCUT2D eigenvalue weighted by Crippen LogP contribution is -2.22. The van der Waals surface area contributed by atoms with Crippen LogP contribution >= 0.6 is 0 Å². The second-order valence-corrected chi connectivity index (χ2v) is 4.51. The lowest BCUT2D eigenvalue weighted by molar-refractivity contribution is 0.685. The lowest BCUT2D eigenvalue weighted by atomic mass is 9.81. The third-order valence-corrected chi connectivity index (χ3v) is 3.41. The van der Waals surface area contributed by atoms with Gasteiger partial charge in [0.25, 0.3) is 0 Å². The largest absolute Gasteiger partial charge is 0.574 e. The summed E-state index contributed by atoms with van der Waals surface area (Å²) in [7, 11) is -0.655. The predicted octanol–water partition coefficient (Wildman–Crippen LogP) is 3.48. The normalized spacial score (nSPS) is 10.9. The summed E-state index contributed by atoms with van der Waals surface area (Å²) >= 11 is 0. The third-order valence-electron chi connectivity index (χ3n) is 3.41. The molecule has 1 heterocycles. The van der Waals surface area contributed by atoms with Gasteiger partial charge in [0.2, 0.25) is 0 Å². The molecule has 0 aliphatic rings. The number of benzene rings is 2. The molecule has 0 saturated heterocycles. The molecule has 0 spiro atoms. The Hall–Kier alpha value is -2.10. The number of para-hydroxylation sites is 1. The molecule has 0 fully saturated rings. The van der Waals surface area contributed by atoms with Crippen LogP contribution in [-0.4, -0.2) is 11.8 Å². The molecular weight excluding hydrogens is 243 g/mol. The van der Waals surface area contributed by atoms with Crippen molar-refractivity contribution in [1.82, 2.24) is 4.57 Å². The van der Waals surface area contributed by atoms with Crippen LogP contribution in [0, 0.1) is 0 Å². The van der Waals surface area contributed by atoms with Crippen LogP contribution in [0.5, 0.6) is 0 Å². The summed E-state index contributed by atoms with van der Waals surface area (Å²) in [5.41, 5.74) is 2.36. The van der Waals surface area contributed by atoms with Crippen LogP contribution in [-0.2, 0) is 7.05 Å².